The fraction of sp³-hybridized carbons (Fsp3) is 0.316. The summed E-state index contributed by atoms with van der Waals surface area (Å²) in [5.74, 6) is 5.59. The van der Waals surface area contributed by atoms with Crippen LogP contribution >= 0.6 is 0 Å². The molecule has 1 N–H and O–H groups in total. The van der Waals surface area contributed by atoms with Crippen molar-refractivity contribution in [3.05, 3.63) is 65.0 Å². The van der Waals surface area contributed by atoms with Gasteiger partial charge in [-0.05, 0) is 55.2 Å². The van der Waals surface area contributed by atoms with Crippen LogP contribution in [0.5, 0.6) is 0 Å². The molecule has 2 nitrogen and oxygen atoms in total. The summed E-state index contributed by atoms with van der Waals surface area (Å²) in [6, 6.07) is 9.08. The maximum Gasteiger partial charge on any atom is 0.146 e. The lowest BCUT2D eigenvalue weighted by molar-refractivity contribution is 0.418. The normalized spacial score (nSPS) is 11.9. The van der Waals surface area contributed by atoms with E-state index < -0.39 is 0 Å². The quantitative estimate of drug-likeness (QED) is 0.866. The molecule has 0 radical (unpaired) electrons. The Bertz CT molecular complexity index is 712. The fourth-order valence-electron chi connectivity index (χ4n) is 1.84. The van der Waals surface area contributed by atoms with Crippen LogP contribution in [0.3, 0.4) is 0 Å². The number of hydrogen-bond donors (Lipinski definition) is 1. The van der Waals surface area contributed by atoms with Crippen LogP contribution in [0.4, 0.5) is 8.78 Å². The van der Waals surface area contributed by atoms with Crippen molar-refractivity contribution in [1.82, 2.24) is 10.3 Å². The summed E-state index contributed by atoms with van der Waals surface area (Å²) in [5, 5.41) is 3.25. The first kappa shape index (κ1) is 17.1. The van der Waals surface area contributed by atoms with Crippen LogP contribution in [0.25, 0.3) is 0 Å². The fourth-order valence-corrected chi connectivity index (χ4v) is 1.84. The van der Waals surface area contributed by atoms with E-state index in [4.69, 9.17) is 0 Å². The molecular weight excluding hydrogens is 294 g/mol. The molecule has 0 bridgehead atoms. The van der Waals surface area contributed by atoms with Gasteiger partial charge in [-0.1, -0.05) is 19.8 Å². The molecule has 0 fully saturated rings. The summed E-state index contributed by atoms with van der Waals surface area (Å²) in [7, 11) is 0. The molecule has 0 aliphatic rings. The first-order chi connectivity index (χ1) is 11.0. The number of nitrogens with one attached hydrogen (secondary N) is 1. The minimum Gasteiger partial charge on any atom is -0.308 e. The van der Waals surface area contributed by atoms with Crippen LogP contribution < -0.4 is 5.32 Å². The van der Waals surface area contributed by atoms with Crippen molar-refractivity contribution >= 4 is 0 Å². The van der Waals surface area contributed by atoms with E-state index >= 15 is 0 Å². The highest BCUT2D eigenvalue weighted by molar-refractivity contribution is 5.40. The minimum atomic E-state index is -0.346. The van der Waals surface area contributed by atoms with Gasteiger partial charge in [0.2, 0.25) is 0 Å². The van der Waals surface area contributed by atoms with Crippen molar-refractivity contribution in [3.63, 3.8) is 0 Å². The molecule has 0 aliphatic heterocycles. The second-order valence-electron chi connectivity index (χ2n) is 5.80. The summed E-state index contributed by atoms with van der Waals surface area (Å²) < 4.78 is 26.7. The number of rotatable bonds is 4. The molecule has 120 valence electrons. The lowest BCUT2D eigenvalue weighted by atomic mass is 10.1. The predicted octanol–water partition coefficient (Wildman–Crippen LogP) is 3.89. The van der Waals surface area contributed by atoms with E-state index in [-0.39, 0.29) is 17.7 Å². The third kappa shape index (κ3) is 5.15. The van der Waals surface area contributed by atoms with Crippen LogP contribution in [0.2, 0.25) is 0 Å². The maximum absolute atomic E-state index is 13.8. The van der Waals surface area contributed by atoms with Crippen LogP contribution in [0, 0.1) is 29.4 Å². The Morgan fingerprint density at radius 1 is 1.00 bits per heavy atom. The van der Waals surface area contributed by atoms with Gasteiger partial charge in [0.05, 0.1) is 5.69 Å². The zero-order valence-corrected chi connectivity index (χ0v) is 13.5. The Kier molecular flexibility index (Phi) is 5.84. The molecule has 0 saturated carbocycles. The number of pyridine rings is 1. The second-order valence-corrected chi connectivity index (χ2v) is 5.80. The van der Waals surface area contributed by atoms with Gasteiger partial charge in [-0.15, -0.1) is 0 Å². The van der Waals surface area contributed by atoms with E-state index in [1.165, 1.54) is 18.2 Å². The molecule has 1 aromatic carbocycles. The van der Waals surface area contributed by atoms with Gasteiger partial charge >= 0.3 is 0 Å². The van der Waals surface area contributed by atoms with E-state index in [1.54, 1.807) is 18.2 Å². The third-order valence-electron chi connectivity index (χ3n) is 3.69. The van der Waals surface area contributed by atoms with Crippen LogP contribution in [0.15, 0.2) is 36.4 Å². The van der Waals surface area contributed by atoms with Crippen molar-refractivity contribution in [2.75, 3.05) is 0 Å². The van der Waals surface area contributed by atoms with Crippen molar-refractivity contribution in [2.24, 2.45) is 5.92 Å². The zero-order valence-electron chi connectivity index (χ0n) is 13.5. The van der Waals surface area contributed by atoms with Gasteiger partial charge < -0.3 is 5.32 Å². The van der Waals surface area contributed by atoms with Crippen LogP contribution in [0.1, 0.15) is 37.7 Å². The number of aromatic nitrogens is 1. The molecule has 0 unspecified atom stereocenters. The lowest BCUT2D eigenvalue weighted by Gasteiger charge is -2.17. The van der Waals surface area contributed by atoms with Gasteiger partial charge in [0, 0.05) is 18.2 Å². The number of nitrogens with zero attached hydrogens (tertiary/aromatic N) is 1. The van der Waals surface area contributed by atoms with Gasteiger partial charge in [0.1, 0.15) is 17.3 Å². The Hall–Kier alpha value is -2.25. The van der Waals surface area contributed by atoms with Gasteiger partial charge in [0.15, 0.2) is 0 Å². The molecule has 2 aromatic rings. The number of hydrogen-bond acceptors (Lipinski definition) is 2. The molecular formula is C19H20F2N2. The smallest absolute Gasteiger partial charge is 0.146 e. The molecule has 1 heterocycles. The van der Waals surface area contributed by atoms with Gasteiger partial charge in [-0.2, -0.15) is 0 Å². The summed E-state index contributed by atoms with van der Waals surface area (Å²) >= 11 is 0. The third-order valence-corrected chi connectivity index (χ3v) is 3.69. The van der Waals surface area contributed by atoms with Crippen molar-refractivity contribution < 1.29 is 8.78 Å². The highest BCUT2D eigenvalue weighted by Crippen LogP contribution is 2.08. The SMILES string of the molecule is CC(C)[C@@H](C)NCc1nc(C#Cc2ccc(F)cc2)ccc1F. The van der Waals surface area contributed by atoms with E-state index in [1.807, 2.05) is 0 Å². The highest BCUT2D eigenvalue weighted by Gasteiger charge is 2.09. The molecule has 0 saturated heterocycles. The molecule has 0 spiro atoms. The predicted molar refractivity (Wildman–Crippen MR) is 87.7 cm³/mol. The van der Waals surface area contributed by atoms with Crippen molar-refractivity contribution in [1.29, 1.82) is 0 Å². The summed E-state index contributed by atoms with van der Waals surface area (Å²) in [6.07, 6.45) is 0. The molecule has 1 aromatic heterocycles. The molecule has 4 heteroatoms. The second kappa shape index (κ2) is 7.85. The molecule has 2 rings (SSSR count). The van der Waals surface area contributed by atoms with Crippen LogP contribution in [-0.4, -0.2) is 11.0 Å². The van der Waals surface area contributed by atoms with E-state index in [9.17, 15) is 8.78 Å². The summed E-state index contributed by atoms with van der Waals surface area (Å²) in [5.41, 5.74) is 1.53. The van der Waals surface area contributed by atoms with Crippen molar-refractivity contribution in [3.8, 4) is 11.8 Å². The first-order valence-electron chi connectivity index (χ1n) is 7.62. The Morgan fingerprint density at radius 3 is 2.35 bits per heavy atom. The standard InChI is InChI=1S/C19H20F2N2/c1-13(2)14(3)22-12-19-18(21)11-10-17(23-19)9-6-15-4-7-16(20)8-5-15/h4-5,7-8,10-11,13-14,22H,12H2,1-3H3/t14-/m1/s1. The van der Waals surface area contributed by atoms with Gasteiger partial charge in [0.25, 0.3) is 0 Å². The van der Waals surface area contributed by atoms with E-state index in [0.29, 0.717) is 29.4 Å². The van der Waals surface area contributed by atoms with E-state index in [2.05, 4.69) is 42.9 Å². The number of benzene rings is 1. The average Bonchev–Trinajstić information content (AvgIpc) is 2.53. The summed E-state index contributed by atoms with van der Waals surface area (Å²) in [4.78, 5) is 4.25. The maximum atomic E-state index is 13.8. The van der Waals surface area contributed by atoms with Crippen LogP contribution in [-0.2, 0) is 6.54 Å². The monoisotopic (exact) mass is 314 g/mol. The Balaban J connectivity index is 2.12. The number of halogens is 2. The largest absolute Gasteiger partial charge is 0.308 e. The van der Waals surface area contributed by atoms with Gasteiger partial charge in [-0.3, -0.25) is 0 Å². The average molecular weight is 314 g/mol. The molecule has 23 heavy (non-hydrogen) atoms. The lowest BCUT2D eigenvalue weighted by Crippen LogP contribution is -2.30. The Morgan fingerprint density at radius 2 is 1.70 bits per heavy atom. The topological polar surface area (TPSA) is 24.9 Å². The van der Waals surface area contributed by atoms with E-state index in [0.717, 1.165) is 0 Å². The molecule has 1 atom stereocenters. The van der Waals surface area contributed by atoms with Crippen molar-refractivity contribution in [2.45, 2.75) is 33.4 Å². The minimum absolute atomic E-state index is 0.269. The Labute approximate surface area is 136 Å². The first-order valence-corrected chi connectivity index (χ1v) is 7.62. The highest BCUT2D eigenvalue weighted by atomic mass is 19.1. The molecule has 0 aliphatic carbocycles. The molecule has 0 amide bonds. The summed E-state index contributed by atoms with van der Waals surface area (Å²) in [6.45, 7) is 6.62. The van der Waals surface area contributed by atoms with Gasteiger partial charge in [-0.25, -0.2) is 13.8 Å². The zero-order chi connectivity index (χ0) is 16.8.